The molecular weight excluding hydrogens is 410 g/mol. The Balaban J connectivity index is 1.68. The summed E-state index contributed by atoms with van der Waals surface area (Å²) in [5, 5.41) is 0. The Morgan fingerprint density at radius 2 is 1.55 bits per heavy atom. The van der Waals surface area contributed by atoms with E-state index in [9.17, 15) is 9.59 Å². The van der Waals surface area contributed by atoms with Crippen LogP contribution in [0.1, 0.15) is 68.6 Å². The van der Waals surface area contributed by atoms with Crippen molar-refractivity contribution >= 4 is 17.4 Å². The Bertz CT molecular complexity index is 990. The number of likely N-dealkylation sites (N-methyl/N-ethyl adjacent to an activating group) is 1. The Kier molecular flexibility index (Phi) is 7.58. The number of hydrogen-bond acceptors (Lipinski definition) is 4. The third-order valence-corrected chi connectivity index (χ3v) is 6.99. The lowest BCUT2D eigenvalue weighted by Gasteiger charge is -2.30. The van der Waals surface area contributed by atoms with Crippen LogP contribution in [0.5, 0.6) is 0 Å². The summed E-state index contributed by atoms with van der Waals surface area (Å²) in [4.78, 5) is 35.5. The molecule has 1 saturated carbocycles. The lowest BCUT2D eigenvalue weighted by atomic mass is 9.95. The summed E-state index contributed by atoms with van der Waals surface area (Å²) in [6.45, 7) is 5.45. The summed E-state index contributed by atoms with van der Waals surface area (Å²) in [5.74, 6) is -0.232. The van der Waals surface area contributed by atoms with Gasteiger partial charge in [0.1, 0.15) is 5.70 Å². The van der Waals surface area contributed by atoms with Crippen LogP contribution in [0.15, 0.2) is 54.5 Å². The maximum atomic E-state index is 13.9. The number of rotatable bonds is 7. The van der Waals surface area contributed by atoms with Crippen LogP contribution >= 0.6 is 0 Å². The van der Waals surface area contributed by atoms with Crippen LogP contribution in [-0.2, 0) is 16.0 Å². The molecule has 2 heterocycles. The number of imide groups is 1. The molecule has 0 unspecified atom stereocenters. The van der Waals surface area contributed by atoms with Crippen LogP contribution in [-0.4, -0.2) is 45.7 Å². The van der Waals surface area contributed by atoms with Gasteiger partial charge in [-0.15, -0.1) is 0 Å². The molecule has 2 aliphatic rings. The fourth-order valence-corrected chi connectivity index (χ4v) is 5.07. The van der Waals surface area contributed by atoms with Crippen LogP contribution in [0.25, 0.3) is 5.57 Å². The van der Waals surface area contributed by atoms with Crippen LogP contribution in [0.3, 0.4) is 0 Å². The molecule has 4 rings (SSSR count). The highest BCUT2D eigenvalue weighted by Crippen LogP contribution is 2.35. The van der Waals surface area contributed by atoms with Crippen molar-refractivity contribution in [2.75, 3.05) is 13.1 Å². The summed E-state index contributed by atoms with van der Waals surface area (Å²) in [7, 11) is 0. The first kappa shape index (κ1) is 23.2. The Morgan fingerprint density at radius 3 is 2.18 bits per heavy atom. The first-order valence-electron chi connectivity index (χ1n) is 12.4. The fraction of sp³-hybridized carbons (Fsp3) is 0.464. The lowest BCUT2D eigenvalue weighted by Crippen LogP contribution is -2.43. The Morgan fingerprint density at radius 1 is 0.909 bits per heavy atom. The van der Waals surface area contributed by atoms with Gasteiger partial charge in [-0.25, -0.2) is 0 Å². The van der Waals surface area contributed by atoms with Crippen molar-refractivity contribution in [1.82, 2.24) is 14.8 Å². The number of carbonyl (C=O) groups excluding carboxylic acids is 2. The van der Waals surface area contributed by atoms with E-state index in [-0.39, 0.29) is 17.9 Å². The summed E-state index contributed by atoms with van der Waals surface area (Å²) < 4.78 is 0. The lowest BCUT2D eigenvalue weighted by molar-refractivity contribution is -0.140. The van der Waals surface area contributed by atoms with E-state index < -0.39 is 0 Å². The zero-order valence-corrected chi connectivity index (χ0v) is 19.9. The molecule has 1 aromatic heterocycles. The highest BCUT2D eigenvalue weighted by Gasteiger charge is 2.44. The molecule has 174 valence electrons. The van der Waals surface area contributed by atoms with E-state index in [0.29, 0.717) is 24.4 Å². The maximum absolute atomic E-state index is 13.9. The molecule has 0 radical (unpaired) electrons. The second-order valence-corrected chi connectivity index (χ2v) is 9.25. The number of benzene rings is 1. The maximum Gasteiger partial charge on any atom is 0.278 e. The second kappa shape index (κ2) is 10.8. The monoisotopic (exact) mass is 445 g/mol. The van der Waals surface area contributed by atoms with E-state index in [1.807, 2.05) is 43.3 Å². The number of aryl methyl sites for hydroxylation is 1. The summed E-state index contributed by atoms with van der Waals surface area (Å²) in [5.41, 5.74) is 4.29. The molecule has 1 aliphatic carbocycles. The normalized spacial score (nSPS) is 17.9. The number of carbonyl (C=O) groups is 2. The summed E-state index contributed by atoms with van der Waals surface area (Å²) >= 11 is 0. The van der Waals surface area contributed by atoms with Crippen molar-refractivity contribution in [2.45, 2.75) is 71.3 Å². The van der Waals surface area contributed by atoms with Crippen molar-refractivity contribution in [1.29, 1.82) is 0 Å². The summed E-state index contributed by atoms with van der Waals surface area (Å²) in [6.07, 6.45) is 12.0. The van der Waals surface area contributed by atoms with Gasteiger partial charge in [0.25, 0.3) is 11.8 Å². The molecule has 0 atom stereocenters. The van der Waals surface area contributed by atoms with Gasteiger partial charge in [-0.2, -0.15) is 0 Å². The molecule has 5 nitrogen and oxygen atoms in total. The smallest absolute Gasteiger partial charge is 0.278 e. The van der Waals surface area contributed by atoms with Crippen LogP contribution in [0.2, 0.25) is 0 Å². The quantitative estimate of drug-likeness (QED) is 0.553. The fourth-order valence-electron chi connectivity index (χ4n) is 5.07. The second-order valence-electron chi connectivity index (χ2n) is 9.25. The number of amides is 2. The molecule has 1 fully saturated rings. The number of nitrogens with zero attached hydrogens (tertiary/aromatic N) is 3. The van der Waals surface area contributed by atoms with Crippen molar-refractivity contribution in [2.24, 2.45) is 0 Å². The van der Waals surface area contributed by atoms with Gasteiger partial charge in [-0.1, -0.05) is 61.9 Å². The van der Waals surface area contributed by atoms with Crippen LogP contribution in [0, 0.1) is 6.92 Å². The third-order valence-electron chi connectivity index (χ3n) is 6.99. The van der Waals surface area contributed by atoms with Gasteiger partial charge >= 0.3 is 0 Å². The standard InChI is InChI=1S/C28H35N3O2/c1-3-30(20-17-22-15-18-29-19-16-22)26-25(23-13-11-21(2)12-14-23)27(32)31(28(26)33)24-9-7-5-4-6-8-10-24/h11-16,18-19,24H,3-10,17,20H2,1-2H3. The van der Waals surface area contributed by atoms with E-state index in [1.165, 1.54) is 24.8 Å². The van der Waals surface area contributed by atoms with E-state index in [2.05, 4.69) is 16.8 Å². The minimum absolute atomic E-state index is 0.00199. The first-order chi connectivity index (χ1) is 16.1. The van der Waals surface area contributed by atoms with E-state index in [1.54, 1.807) is 17.3 Å². The molecular formula is C28H35N3O2. The van der Waals surface area contributed by atoms with Crippen molar-refractivity contribution in [3.63, 3.8) is 0 Å². The van der Waals surface area contributed by atoms with Crippen molar-refractivity contribution in [3.8, 4) is 0 Å². The number of aromatic nitrogens is 1. The number of hydrogen-bond donors (Lipinski definition) is 0. The zero-order chi connectivity index (χ0) is 23.2. The molecule has 0 spiro atoms. The van der Waals surface area contributed by atoms with Crippen molar-refractivity contribution < 1.29 is 9.59 Å². The Hall–Kier alpha value is -2.95. The molecule has 0 saturated heterocycles. The molecule has 33 heavy (non-hydrogen) atoms. The van der Waals surface area contributed by atoms with Crippen LogP contribution < -0.4 is 0 Å². The predicted molar refractivity (Wildman–Crippen MR) is 131 cm³/mol. The van der Waals surface area contributed by atoms with E-state index >= 15 is 0 Å². The molecule has 0 N–H and O–H groups in total. The van der Waals surface area contributed by atoms with Gasteiger partial charge in [0, 0.05) is 31.5 Å². The van der Waals surface area contributed by atoms with Gasteiger partial charge < -0.3 is 4.90 Å². The highest BCUT2D eigenvalue weighted by molar-refractivity contribution is 6.35. The molecule has 5 heteroatoms. The van der Waals surface area contributed by atoms with E-state index in [4.69, 9.17) is 0 Å². The average Bonchev–Trinajstić information content (AvgIpc) is 3.06. The molecule has 1 aromatic carbocycles. The van der Waals surface area contributed by atoms with Crippen molar-refractivity contribution in [3.05, 3.63) is 71.2 Å². The van der Waals surface area contributed by atoms with Gasteiger partial charge in [0.05, 0.1) is 5.57 Å². The van der Waals surface area contributed by atoms with Gasteiger partial charge in [-0.05, 0) is 56.4 Å². The highest BCUT2D eigenvalue weighted by atomic mass is 16.2. The topological polar surface area (TPSA) is 53.5 Å². The van der Waals surface area contributed by atoms with E-state index in [0.717, 1.165) is 43.2 Å². The SMILES string of the molecule is CCN(CCc1ccncc1)C1=C(c2ccc(C)cc2)C(=O)N(C2CCCCCCC2)C1=O. The number of pyridine rings is 1. The van der Waals surface area contributed by atoms with Gasteiger partial charge in [0.2, 0.25) is 0 Å². The van der Waals surface area contributed by atoms with Gasteiger partial charge in [0.15, 0.2) is 0 Å². The average molecular weight is 446 g/mol. The summed E-state index contributed by atoms with van der Waals surface area (Å²) in [6, 6.07) is 12.0. The first-order valence-corrected chi connectivity index (χ1v) is 12.4. The van der Waals surface area contributed by atoms with Crippen LogP contribution in [0.4, 0.5) is 0 Å². The molecule has 1 aliphatic heterocycles. The molecule has 0 bridgehead atoms. The minimum atomic E-state index is -0.119. The molecule has 2 aromatic rings. The Labute approximate surface area is 197 Å². The minimum Gasteiger partial charge on any atom is -0.366 e. The largest absolute Gasteiger partial charge is 0.366 e. The van der Waals surface area contributed by atoms with Gasteiger partial charge in [-0.3, -0.25) is 19.5 Å². The molecule has 2 amide bonds. The predicted octanol–water partition coefficient (Wildman–Crippen LogP) is 5.15. The third kappa shape index (κ3) is 5.18. The zero-order valence-electron chi connectivity index (χ0n) is 19.9.